The standard InChI is InChI=1S/C23H26O2/c1-5-16(3)22(24)25-23(4,6-2)21-12-11-19-13-17-9-7-8-10-18(17)14-20(19)15-21/h7-16H,5-6H2,1-4H3. The third kappa shape index (κ3) is 3.39. The van der Waals surface area contributed by atoms with Crippen LogP contribution in [0, 0.1) is 5.92 Å². The molecule has 0 heterocycles. The number of hydrogen-bond acceptors (Lipinski definition) is 2. The molecule has 0 aliphatic carbocycles. The predicted molar refractivity (Wildman–Crippen MR) is 105 cm³/mol. The Bertz CT molecular complexity index is 912. The Morgan fingerprint density at radius 3 is 2.16 bits per heavy atom. The summed E-state index contributed by atoms with van der Waals surface area (Å²) in [6.45, 7) is 8.01. The summed E-state index contributed by atoms with van der Waals surface area (Å²) in [6.07, 6.45) is 1.54. The fraction of sp³-hybridized carbons (Fsp3) is 0.348. The second-order valence-corrected chi connectivity index (χ2v) is 7.08. The molecule has 3 aromatic carbocycles. The van der Waals surface area contributed by atoms with Gasteiger partial charge in [-0.15, -0.1) is 0 Å². The van der Waals surface area contributed by atoms with Crippen LogP contribution in [0.15, 0.2) is 54.6 Å². The van der Waals surface area contributed by atoms with Gasteiger partial charge in [0.2, 0.25) is 0 Å². The first-order valence-corrected chi connectivity index (χ1v) is 9.12. The minimum atomic E-state index is -0.597. The number of ether oxygens (including phenoxy) is 1. The molecule has 0 aliphatic rings. The molecule has 3 aromatic rings. The van der Waals surface area contributed by atoms with E-state index in [0.717, 1.165) is 18.4 Å². The van der Waals surface area contributed by atoms with Gasteiger partial charge in [0.15, 0.2) is 0 Å². The van der Waals surface area contributed by atoms with Gasteiger partial charge in [-0.2, -0.15) is 0 Å². The van der Waals surface area contributed by atoms with Crippen molar-refractivity contribution in [1.82, 2.24) is 0 Å². The Kier molecular flexibility index (Phi) is 4.80. The quantitative estimate of drug-likeness (QED) is 0.410. The summed E-state index contributed by atoms with van der Waals surface area (Å²) >= 11 is 0. The molecule has 3 rings (SSSR count). The largest absolute Gasteiger partial charge is 0.454 e. The lowest BCUT2D eigenvalue weighted by atomic mass is 9.90. The van der Waals surface area contributed by atoms with E-state index in [1.807, 2.05) is 20.8 Å². The van der Waals surface area contributed by atoms with Crippen molar-refractivity contribution < 1.29 is 9.53 Å². The highest BCUT2D eigenvalue weighted by Gasteiger charge is 2.30. The van der Waals surface area contributed by atoms with Crippen molar-refractivity contribution in [2.45, 2.75) is 46.1 Å². The minimum absolute atomic E-state index is 0.0738. The summed E-state index contributed by atoms with van der Waals surface area (Å²) in [5.41, 5.74) is 0.454. The van der Waals surface area contributed by atoms with E-state index in [1.165, 1.54) is 21.5 Å². The smallest absolute Gasteiger partial charge is 0.309 e. The van der Waals surface area contributed by atoms with Gasteiger partial charge in [0.25, 0.3) is 0 Å². The van der Waals surface area contributed by atoms with Crippen LogP contribution in [-0.4, -0.2) is 5.97 Å². The van der Waals surface area contributed by atoms with Gasteiger partial charge in [-0.25, -0.2) is 0 Å². The van der Waals surface area contributed by atoms with Gasteiger partial charge in [-0.3, -0.25) is 4.79 Å². The highest BCUT2D eigenvalue weighted by molar-refractivity contribution is 5.98. The van der Waals surface area contributed by atoms with Crippen molar-refractivity contribution in [3.05, 3.63) is 60.2 Å². The molecular formula is C23H26O2. The zero-order chi connectivity index (χ0) is 18.0. The molecule has 2 atom stereocenters. The van der Waals surface area contributed by atoms with Crippen LogP contribution in [0.5, 0.6) is 0 Å². The first-order chi connectivity index (χ1) is 12.0. The molecule has 0 fully saturated rings. The van der Waals surface area contributed by atoms with Crippen LogP contribution < -0.4 is 0 Å². The van der Waals surface area contributed by atoms with E-state index < -0.39 is 5.60 Å². The van der Waals surface area contributed by atoms with E-state index in [9.17, 15) is 4.79 Å². The number of esters is 1. The third-order valence-electron chi connectivity index (χ3n) is 5.33. The monoisotopic (exact) mass is 334 g/mol. The van der Waals surface area contributed by atoms with E-state index >= 15 is 0 Å². The van der Waals surface area contributed by atoms with E-state index in [-0.39, 0.29) is 11.9 Å². The van der Waals surface area contributed by atoms with Crippen molar-refractivity contribution in [2.24, 2.45) is 5.92 Å². The minimum Gasteiger partial charge on any atom is -0.454 e. The molecule has 2 unspecified atom stereocenters. The van der Waals surface area contributed by atoms with Crippen molar-refractivity contribution >= 4 is 27.5 Å². The molecule has 0 radical (unpaired) electrons. The molecule has 0 saturated heterocycles. The molecule has 25 heavy (non-hydrogen) atoms. The van der Waals surface area contributed by atoms with Crippen molar-refractivity contribution in [2.75, 3.05) is 0 Å². The lowest BCUT2D eigenvalue weighted by Crippen LogP contribution is -2.31. The average molecular weight is 334 g/mol. The van der Waals surface area contributed by atoms with Gasteiger partial charge in [0.05, 0.1) is 5.92 Å². The number of fused-ring (bicyclic) bond motifs is 2. The summed E-state index contributed by atoms with van der Waals surface area (Å²) in [5.74, 6) is -0.194. The van der Waals surface area contributed by atoms with Crippen LogP contribution in [0.25, 0.3) is 21.5 Å². The zero-order valence-electron chi connectivity index (χ0n) is 15.5. The summed E-state index contributed by atoms with van der Waals surface area (Å²) in [5, 5.41) is 4.84. The molecule has 0 N–H and O–H groups in total. The Morgan fingerprint density at radius 2 is 1.56 bits per heavy atom. The fourth-order valence-corrected chi connectivity index (χ4v) is 3.09. The highest BCUT2D eigenvalue weighted by atomic mass is 16.6. The van der Waals surface area contributed by atoms with Crippen LogP contribution in [0.1, 0.15) is 46.1 Å². The maximum atomic E-state index is 12.3. The van der Waals surface area contributed by atoms with E-state index in [2.05, 4.69) is 61.5 Å². The topological polar surface area (TPSA) is 26.3 Å². The van der Waals surface area contributed by atoms with Crippen molar-refractivity contribution in [1.29, 1.82) is 0 Å². The number of benzene rings is 3. The van der Waals surface area contributed by atoms with Crippen molar-refractivity contribution in [3.8, 4) is 0 Å². The van der Waals surface area contributed by atoms with Crippen molar-refractivity contribution in [3.63, 3.8) is 0 Å². The van der Waals surface area contributed by atoms with Crippen LogP contribution in [0.3, 0.4) is 0 Å². The SMILES string of the molecule is CCC(C)C(=O)OC(C)(CC)c1ccc2cc3ccccc3cc2c1. The highest BCUT2D eigenvalue weighted by Crippen LogP contribution is 2.33. The summed E-state index contributed by atoms with van der Waals surface area (Å²) < 4.78 is 5.92. The van der Waals surface area contributed by atoms with Gasteiger partial charge in [0, 0.05) is 0 Å². The Hall–Kier alpha value is -2.35. The van der Waals surface area contributed by atoms with Crippen LogP contribution in [0.2, 0.25) is 0 Å². The van der Waals surface area contributed by atoms with Crippen LogP contribution >= 0.6 is 0 Å². The van der Waals surface area contributed by atoms with E-state index in [4.69, 9.17) is 4.74 Å². The van der Waals surface area contributed by atoms with E-state index in [1.54, 1.807) is 0 Å². The first kappa shape index (κ1) is 17.5. The van der Waals surface area contributed by atoms with Gasteiger partial charge in [-0.05, 0) is 65.1 Å². The summed E-state index contributed by atoms with van der Waals surface area (Å²) in [4.78, 5) is 12.3. The van der Waals surface area contributed by atoms with E-state index in [0.29, 0.717) is 0 Å². The average Bonchev–Trinajstić information content (AvgIpc) is 2.64. The van der Waals surface area contributed by atoms with Gasteiger partial charge >= 0.3 is 5.97 Å². The fourth-order valence-electron chi connectivity index (χ4n) is 3.09. The number of rotatable bonds is 5. The number of carbonyl (C=O) groups excluding carboxylic acids is 1. The molecule has 0 aliphatic heterocycles. The van der Waals surface area contributed by atoms with Gasteiger partial charge in [0.1, 0.15) is 5.60 Å². The Balaban J connectivity index is 2.03. The summed E-state index contributed by atoms with van der Waals surface area (Å²) in [6, 6.07) is 19.2. The third-order valence-corrected chi connectivity index (χ3v) is 5.33. The zero-order valence-corrected chi connectivity index (χ0v) is 15.5. The molecule has 2 nitrogen and oxygen atoms in total. The lowest BCUT2D eigenvalue weighted by molar-refractivity contribution is -0.164. The lowest BCUT2D eigenvalue weighted by Gasteiger charge is -2.30. The van der Waals surface area contributed by atoms with Gasteiger partial charge in [-0.1, -0.05) is 57.2 Å². The summed E-state index contributed by atoms with van der Waals surface area (Å²) in [7, 11) is 0. The van der Waals surface area contributed by atoms with Crippen LogP contribution in [0.4, 0.5) is 0 Å². The Labute approximate surface area is 149 Å². The molecular weight excluding hydrogens is 308 g/mol. The molecule has 2 heteroatoms. The second-order valence-electron chi connectivity index (χ2n) is 7.08. The second kappa shape index (κ2) is 6.87. The number of carbonyl (C=O) groups is 1. The maximum Gasteiger partial charge on any atom is 0.309 e. The predicted octanol–water partition coefficient (Wildman–Crippen LogP) is 6.21. The molecule has 130 valence electrons. The molecule has 0 amide bonds. The molecule has 0 aromatic heterocycles. The molecule has 0 saturated carbocycles. The van der Waals surface area contributed by atoms with Crippen LogP contribution in [-0.2, 0) is 15.1 Å². The number of hydrogen-bond donors (Lipinski definition) is 0. The first-order valence-electron chi connectivity index (χ1n) is 9.12. The molecule has 0 spiro atoms. The maximum absolute atomic E-state index is 12.3. The normalized spacial score (nSPS) is 15.0. The molecule has 0 bridgehead atoms. The van der Waals surface area contributed by atoms with Gasteiger partial charge < -0.3 is 4.74 Å². The Morgan fingerprint density at radius 1 is 0.960 bits per heavy atom.